The van der Waals surface area contributed by atoms with E-state index in [1.54, 1.807) is 10.6 Å². The molecule has 1 heterocycles. The summed E-state index contributed by atoms with van der Waals surface area (Å²) in [5.41, 5.74) is 2.00. The zero-order valence-electron chi connectivity index (χ0n) is 20.8. The summed E-state index contributed by atoms with van der Waals surface area (Å²) in [5.74, 6) is 0.833. The highest BCUT2D eigenvalue weighted by atomic mass is 16.2. The molecule has 0 spiro atoms. The Morgan fingerprint density at radius 3 is 2.30 bits per heavy atom. The first-order valence-corrected chi connectivity index (χ1v) is 11.7. The van der Waals surface area contributed by atoms with Gasteiger partial charge in [0.15, 0.2) is 0 Å². The first-order chi connectivity index (χ1) is 15.5. The Morgan fingerprint density at radius 2 is 1.73 bits per heavy atom. The number of rotatable bonds is 6. The summed E-state index contributed by atoms with van der Waals surface area (Å²) in [5, 5.41) is 3.66. The van der Waals surface area contributed by atoms with Crippen LogP contribution in [0.15, 0.2) is 53.3 Å². The summed E-state index contributed by atoms with van der Waals surface area (Å²) in [6.07, 6.45) is 0.626. The number of carbonyl (C=O) groups excluding carboxylic acids is 1. The van der Waals surface area contributed by atoms with Gasteiger partial charge in [-0.1, -0.05) is 50.6 Å². The van der Waals surface area contributed by atoms with Gasteiger partial charge in [0.2, 0.25) is 0 Å². The van der Waals surface area contributed by atoms with E-state index in [-0.39, 0.29) is 29.1 Å². The molecule has 1 N–H and O–H groups in total. The Kier molecular flexibility index (Phi) is 7.25. The lowest BCUT2D eigenvalue weighted by molar-refractivity contribution is 0.151. The van der Waals surface area contributed by atoms with Gasteiger partial charge in [-0.3, -0.25) is 9.36 Å². The smallest absolute Gasteiger partial charge is 0.318 e. The molecule has 33 heavy (non-hydrogen) atoms. The van der Waals surface area contributed by atoms with Crippen LogP contribution in [0.1, 0.15) is 65.4 Å². The molecule has 0 fully saturated rings. The second-order valence-electron chi connectivity index (χ2n) is 10.1. The van der Waals surface area contributed by atoms with Crippen molar-refractivity contribution in [1.82, 2.24) is 19.8 Å². The third kappa shape index (κ3) is 5.62. The van der Waals surface area contributed by atoms with Crippen LogP contribution in [0.4, 0.5) is 4.79 Å². The molecule has 0 aliphatic rings. The molecule has 0 saturated heterocycles. The molecule has 0 aliphatic heterocycles. The fraction of sp³-hybridized carbons (Fsp3) is 0.444. The lowest BCUT2D eigenvalue weighted by Crippen LogP contribution is -2.51. The Balaban J connectivity index is 2.27. The monoisotopic (exact) mass is 448 g/mol. The third-order valence-corrected chi connectivity index (χ3v) is 5.46. The average molecular weight is 449 g/mol. The Bertz CT molecular complexity index is 1170. The molecule has 0 aliphatic carbocycles. The highest BCUT2D eigenvalue weighted by molar-refractivity contribution is 5.78. The molecule has 176 valence electrons. The van der Waals surface area contributed by atoms with Crippen LogP contribution in [0.3, 0.4) is 0 Å². The number of aryl methyl sites for hydroxylation is 1. The lowest BCUT2D eigenvalue weighted by atomic mass is 10.1. The maximum atomic E-state index is 13.7. The van der Waals surface area contributed by atoms with Crippen molar-refractivity contribution in [2.45, 2.75) is 66.5 Å². The predicted molar refractivity (Wildman–Crippen MR) is 135 cm³/mol. The van der Waals surface area contributed by atoms with E-state index in [0.29, 0.717) is 29.7 Å². The molecular formula is C27H36N4O2. The van der Waals surface area contributed by atoms with Gasteiger partial charge in [0.25, 0.3) is 5.56 Å². The van der Waals surface area contributed by atoms with Crippen molar-refractivity contribution in [3.05, 3.63) is 70.3 Å². The number of hydrogen-bond acceptors (Lipinski definition) is 3. The standard InChI is InChI=1S/C27H36N4O2/c1-8-23(30(17-18(2)3)26(33)29-27(5,6)7)24-28-22-12-10-9-11-21(22)25(32)31(24)20-15-13-19(4)14-16-20/h9-16,18,23H,8,17H2,1-7H3,(H,29,33). The summed E-state index contributed by atoms with van der Waals surface area (Å²) < 4.78 is 1.67. The van der Waals surface area contributed by atoms with E-state index in [1.807, 2.05) is 82.0 Å². The SMILES string of the molecule is CCC(c1nc2ccccc2c(=O)n1-c1ccc(C)cc1)N(CC(C)C)C(=O)NC(C)(C)C. The summed E-state index contributed by atoms with van der Waals surface area (Å²) in [6, 6.07) is 14.7. The Labute approximate surface area is 196 Å². The number of benzene rings is 2. The molecule has 0 saturated carbocycles. The third-order valence-electron chi connectivity index (χ3n) is 5.46. The van der Waals surface area contributed by atoms with E-state index in [9.17, 15) is 9.59 Å². The number of para-hydroxylation sites is 1. The van der Waals surface area contributed by atoms with Crippen molar-refractivity contribution in [3.8, 4) is 5.69 Å². The minimum atomic E-state index is -0.377. The van der Waals surface area contributed by atoms with Crippen LogP contribution in [0.2, 0.25) is 0 Å². The molecule has 3 rings (SSSR count). The maximum absolute atomic E-state index is 13.7. The van der Waals surface area contributed by atoms with Crippen LogP contribution in [-0.2, 0) is 0 Å². The number of fused-ring (bicyclic) bond motifs is 1. The number of amides is 2. The highest BCUT2D eigenvalue weighted by Crippen LogP contribution is 2.27. The van der Waals surface area contributed by atoms with E-state index in [0.717, 1.165) is 11.3 Å². The maximum Gasteiger partial charge on any atom is 0.318 e. The molecular weight excluding hydrogens is 412 g/mol. The number of urea groups is 1. The minimum Gasteiger partial charge on any atom is -0.333 e. The molecule has 3 aromatic rings. The highest BCUT2D eigenvalue weighted by Gasteiger charge is 2.31. The number of aromatic nitrogens is 2. The van der Waals surface area contributed by atoms with Crippen LogP contribution in [0, 0.1) is 12.8 Å². The zero-order chi connectivity index (χ0) is 24.3. The first kappa shape index (κ1) is 24.5. The fourth-order valence-corrected chi connectivity index (χ4v) is 4.00. The fourth-order valence-electron chi connectivity index (χ4n) is 4.00. The van der Waals surface area contributed by atoms with Crippen LogP contribution >= 0.6 is 0 Å². The second-order valence-corrected chi connectivity index (χ2v) is 10.1. The van der Waals surface area contributed by atoms with Crippen molar-refractivity contribution >= 4 is 16.9 Å². The van der Waals surface area contributed by atoms with Gasteiger partial charge in [-0.25, -0.2) is 9.78 Å². The second kappa shape index (κ2) is 9.77. The van der Waals surface area contributed by atoms with Gasteiger partial charge in [0.05, 0.1) is 22.6 Å². The predicted octanol–water partition coefficient (Wildman–Crippen LogP) is 5.61. The quantitative estimate of drug-likeness (QED) is 0.533. The van der Waals surface area contributed by atoms with Gasteiger partial charge in [-0.2, -0.15) is 0 Å². The van der Waals surface area contributed by atoms with E-state index < -0.39 is 0 Å². The Hall–Kier alpha value is -3.15. The number of hydrogen-bond donors (Lipinski definition) is 1. The van der Waals surface area contributed by atoms with Crippen molar-refractivity contribution in [3.63, 3.8) is 0 Å². The van der Waals surface area contributed by atoms with Gasteiger partial charge in [-0.05, 0) is 64.3 Å². The molecule has 2 aromatic carbocycles. The molecule has 1 aromatic heterocycles. The Morgan fingerprint density at radius 1 is 1.09 bits per heavy atom. The largest absolute Gasteiger partial charge is 0.333 e. The molecule has 0 bridgehead atoms. The molecule has 1 unspecified atom stereocenters. The first-order valence-electron chi connectivity index (χ1n) is 11.7. The molecule has 6 heteroatoms. The molecule has 0 radical (unpaired) electrons. The summed E-state index contributed by atoms with van der Waals surface area (Å²) >= 11 is 0. The average Bonchev–Trinajstić information content (AvgIpc) is 2.73. The van der Waals surface area contributed by atoms with Crippen molar-refractivity contribution < 1.29 is 4.79 Å². The number of nitrogens with zero attached hydrogens (tertiary/aromatic N) is 3. The summed E-state index contributed by atoms with van der Waals surface area (Å²) in [4.78, 5) is 33.9. The minimum absolute atomic E-state index is 0.126. The normalized spacial score (nSPS) is 12.7. The molecule has 2 amide bonds. The van der Waals surface area contributed by atoms with E-state index >= 15 is 0 Å². The zero-order valence-corrected chi connectivity index (χ0v) is 20.8. The summed E-state index contributed by atoms with van der Waals surface area (Å²) in [6.45, 7) is 14.7. The summed E-state index contributed by atoms with van der Waals surface area (Å²) in [7, 11) is 0. The van der Waals surface area contributed by atoms with Gasteiger partial charge in [0.1, 0.15) is 5.82 Å². The van der Waals surface area contributed by atoms with Crippen LogP contribution in [0.5, 0.6) is 0 Å². The van der Waals surface area contributed by atoms with Crippen LogP contribution in [0.25, 0.3) is 16.6 Å². The van der Waals surface area contributed by atoms with Gasteiger partial charge >= 0.3 is 6.03 Å². The topological polar surface area (TPSA) is 67.2 Å². The molecule has 6 nitrogen and oxygen atoms in total. The number of nitrogens with one attached hydrogen (secondary N) is 1. The van der Waals surface area contributed by atoms with E-state index in [2.05, 4.69) is 19.2 Å². The van der Waals surface area contributed by atoms with Crippen LogP contribution < -0.4 is 10.9 Å². The van der Waals surface area contributed by atoms with Crippen molar-refractivity contribution in [2.24, 2.45) is 5.92 Å². The van der Waals surface area contributed by atoms with Crippen molar-refractivity contribution in [2.75, 3.05) is 6.54 Å². The van der Waals surface area contributed by atoms with Gasteiger partial charge in [0, 0.05) is 12.1 Å². The van der Waals surface area contributed by atoms with E-state index in [1.165, 1.54) is 0 Å². The van der Waals surface area contributed by atoms with Crippen LogP contribution in [-0.4, -0.2) is 32.6 Å². The van der Waals surface area contributed by atoms with E-state index in [4.69, 9.17) is 4.98 Å². The van der Waals surface area contributed by atoms with Crippen molar-refractivity contribution in [1.29, 1.82) is 0 Å². The number of carbonyl (C=O) groups is 1. The van der Waals surface area contributed by atoms with Gasteiger partial charge in [-0.15, -0.1) is 0 Å². The van der Waals surface area contributed by atoms with Gasteiger partial charge < -0.3 is 10.2 Å². The molecule has 1 atom stereocenters. The lowest BCUT2D eigenvalue weighted by Gasteiger charge is -2.35.